The topological polar surface area (TPSA) is 88.2 Å². The average molecular weight is 391 g/mol. The molecule has 1 amide bonds. The van der Waals surface area contributed by atoms with E-state index in [1.54, 1.807) is 35.7 Å². The third kappa shape index (κ3) is 4.64. The van der Waals surface area contributed by atoms with Gasteiger partial charge in [-0.15, -0.1) is 11.3 Å². The second-order valence-corrected chi connectivity index (χ2v) is 8.06. The molecule has 9 heteroatoms. The van der Waals surface area contributed by atoms with E-state index in [4.69, 9.17) is 0 Å². The van der Waals surface area contributed by atoms with E-state index in [9.17, 15) is 17.6 Å². The number of sulfonamides is 1. The maximum Gasteiger partial charge on any atom is 0.257 e. The zero-order valence-electron chi connectivity index (χ0n) is 13.6. The van der Waals surface area contributed by atoms with Gasteiger partial charge in [-0.05, 0) is 30.3 Å². The maximum absolute atomic E-state index is 13.3. The van der Waals surface area contributed by atoms with Crippen molar-refractivity contribution in [2.45, 2.75) is 0 Å². The number of anilines is 2. The van der Waals surface area contributed by atoms with Crippen LogP contribution in [0.4, 0.5) is 15.2 Å². The number of hydrogen-bond donors (Lipinski definition) is 2. The van der Waals surface area contributed by atoms with Gasteiger partial charge in [0.15, 0.2) is 5.13 Å². The van der Waals surface area contributed by atoms with Gasteiger partial charge >= 0.3 is 0 Å². The van der Waals surface area contributed by atoms with Gasteiger partial charge in [0.25, 0.3) is 5.91 Å². The lowest BCUT2D eigenvalue weighted by atomic mass is 10.2. The van der Waals surface area contributed by atoms with Crippen LogP contribution >= 0.6 is 11.3 Å². The highest BCUT2D eigenvalue weighted by atomic mass is 32.2. The summed E-state index contributed by atoms with van der Waals surface area (Å²) in [7, 11) is -3.43. The Morgan fingerprint density at radius 3 is 2.65 bits per heavy atom. The van der Waals surface area contributed by atoms with Gasteiger partial charge in [0.1, 0.15) is 5.82 Å². The molecule has 1 heterocycles. The molecule has 2 aromatic carbocycles. The normalized spacial score (nSPS) is 11.2. The number of aromatic nitrogens is 1. The standard InChI is InChI=1S/C17H14FN3O3S2/c1-26(23,24)21-14-7-3-5-12(9-14)16(22)20-17-19-15(10-25-17)11-4-2-6-13(18)8-11/h2-10,21H,1H3,(H,19,20,22). The van der Waals surface area contributed by atoms with Crippen LogP contribution in [0.3, 0.4) is 0 Å². The SMILES string of the molecule is CS(=O)(=O)Nc1cccc(C(=O)Nc2nc(-c3cccc(F)c3)cs2)c1. The first-order valence-electron chi connectivity index (χ1n) is 7.41. The first kappa shape index (κ1) is 18.0. The van der Waals surface area contributed by atoms with Crippen molar-refractivity contribution in [1.82, 2.24) is 4.98 Å². The van der Waals surface area contributed by atoms with Gasteiger partial charge < -0.3 is 0 Å². The van der Waals surface area contributed by atoms with E-state index in [0.717, 1.165) is 6.26 Å². The van der Waals surface area contributed by atoms with Crippen LogP contribution in [0.5, 0.6) is 0 Å². The minimum atomic E-state index is -3.43. The third-order valence-electron chi connectivity index (χ3n) is 3.27. The highest BCUT2D eigenvalue weighted by Crippen LogP contribution is 2.25. The van der Waals surface area contributed by atoms with Crippen molar-refractivity contribution in [3.05, 3.63) is 65.3 Å². The zero-order chi connectivity index (χ0) is 18.7. The molecular weight excluding hydrogens is 377 g/mol. The predicted octanol–water partition coefficient (Wildman–Crippen LogP) is 3.57. The Morgan fingerprint density at radius 2 is 1.92 bits per heavy atom. The lowest BCUT2D eigenvalue weighted by molar-refractivity contribution is 0.102. The summed E-state index contributed by atoms with van der Waals surface area (Å²) in [5.74, 6) is -0.793. The Hall–Kier alpha value is -2.78. The molecule has 2 N–H and O–H groups in total. The van der Waals surface area contributed by atoms with Crippen molar-refractivity contribution in [3.63, 3.8) is 0 Å². The fourth-order valence-electron chi connectivity index (χ4n) is 2.22. The summed E-state index contributed by atoms with van der Waals surface area (Å²) in [6.07, 6.45) is 1.03. The Morgan fingerprint density at radius 1 is 1.15 bits per heavy atom. The summed E-state index contributed by atoms with van der Waals surface area (Å²) >= 11 is 1.21. The molecule has 0 unspecified atom stereocenters. The van der Waals surface area contributed by atoms with Crippen molar-refractivity contribution >= 4 is 38.1 Å². The van der Waals surface area contributed by atoms with Gasteiger partial charge in [-0.3, -0.25) is 14.8 Å². The van der Waals surface area contributed by atoms with E-state index in [1.165, 1.54) is 29.5 Å². The number of benzene rings is 2. The Bertz CT molecular complexity index is 1060. The van der Waals surface area contributed by atoms with E-state index in [1.807, 2.05) is 0 Å². The molecule has 26 heavy (non-hydrogen) atoms. The molecule has 0 aliphatic heterocycles. The second kappa shape index (κ2) is 7.22. The summed E-state index contributed by atoms with van der Waals surface area (Å²) in [6, 6.07) is 12.1. The highest BCUT2D eigenvalue weighted by molar-refractivity contribution is 7.92. The molecule has 0 fully saturated rings. The first-order chi connectivity index (χ1) is 12.3. The van der Waals surface area contributed by atoms with Crippen LogP contribution in [0.1, 0.15) is 10.4 Å². The van der Waals surface area contributed by atoms with E-state index in [-0.39, 0.29) is 11.4 Å². The molecule has 0 aliphatic carbocycles. The molecule has 0 radical (unpaired) electrons. The zero-order valence-corrected chi connectivity index (χ0v) is 15.2. The van der Waals surface area contributed by atoms with Crippen molar-refractivity contribution in [1.29, 1.82) is 0 Å². The summed E-state index contributed by atoms with van der Waals surface area (Å²) in [5, 5.41) is 4.72. The van der Waals surface area contributed by atoms with Crippen molar-refractivity contribution in [2.75, 3.05) is 16.3 Å². The number of nitrogens with one attached hydrogen (secondary N) is 2. The number of rotatable bonds is 5. The molecule has 0 saturated carbocycles. The molecule has 3 aromatic rings. The van der Waals surface area contributed by atoms with Crippen LogP contribution in [0, 0.1) is 5.82 Å². The molecule has 0 spiro atoms. The van der Waals surface area contributed by atoms with Crippen LogP contribution in [0.15, 0.2) is 53.9 Å². The molecule has 6 nitrogen and oxygen atoms in total. The number of carbonyl (C=O) groups excluding carboxylic acids is 1. The molecule has 0 atom stereocenters. The minimum Gasteiger partial charge on any atom is -0.298 e. The number of hydrogen-bond acceptors (Lipinski definition) is 5. The molecule has 134 valence electrons. The first-order valence-corrected chi connectivity index (χ1v) is 10.2. The van der Waals surface area contributed by atoms with Gasteiger partial charge in [-0.25, -0.2) is 17.8 Å². The number of nitrogens with zero attached hydrogens (tertiary/aromatic N) is 1. The van der Waals surface area contributed by atoms with Gasteiger partial charge in [0.05, 0.1) is 11.9 Å². The van der Waals surface area contributed by atoms with Crippen LogP contribution in [-0.2, 0) is 10.0 Å². The van der Waals surface area contributed by atoms with Gasteiger partial charge in [0, 0.05) is 22.2 Å². The van der Waals surface area contributed by atoms with Gasteiger partial charge in [-0.2, -0.15) is 0 Å². The molecule has 0 bridgehead atoms. The summed E-state index contributed by atoms with van der Waals surface area (Å²) in [4.78, 5) is 16.6. The van der Waals surface area contributed by atoms with Gasteiger partial charge in [0.2, 0.25) is 10.0 Å². The van der Waals surface area contributed by atoms with Gasteiger partial charge in [-0.1, -0.05) is 18.2 Å². The number of carbonyl (C=O) groups is 1. The van der Waals surface area contributed by atoms with Crippen LogP contribution in [0.25, 0.3) is 11.3 Å². The number of amides is 1. The maximum atomic E-state index is 13.3. The smallest absolute Gasteiger partial charge is 0.257 e. The highest BCUT2D eigenvalue weighted by Gasteiger charge is 2.12. The van der Waals surface area contributed by atoms with Crippen LogP contribution < -0.4 is 10.0 Å². The van der Waals surface area contributed by atoms with Crippen molar-refractivity contribution in [2.24, 2.45) is 0 Å². The second-order valence-electron chi connectivity index (χ2n) is 5.46. The Kier molecular flexibility index (Phi) is 5.01. The lowest BCUT2D eigenvalue weighted by Gasteiger charge is -2.06. The number of thiazole rings is 1. The van der Waals surface area contributed by atoms with Crippen molar-refractivity contribution < 1.29 is 17.6 Å². The average Bonchev–Trinajstić information content (AvgIpc) is 3.02. The molecule has 1 aromatic heterocycles. The van der Waals surface area contributed by atoms with E-state index < -0.39 is 15.9 Å². The summed E-state index contributed by atoms with van der Waals surface area (Å²) in [5.41, 5.74) is 1.74. The molecular formula is C17H14FN3O3S2. The Labute approximate surface area is 153 Å². The fraction of sp³-hybridized carbons (Fsp3) is 0.0588. The lowest BCUT2D eigenvalue weighted by Crippen LogP contribution is -2.13. The fourth-order valence-corrected chi connectivity index (χ4v) is 3.49. The molecule has 0 saturated heterocycles. The summed E-state index contributed by atoms with van der Waals surface area (Å²) in [6.45, 7) is 0. The molecule has 3 rings (SSSR count). The third-order valence-corrected chi connectivity index (χ3v) is 4.64. The van der Waals surface area contributed by atoms with Crippen LogP contribution in [-0.4, -0.2) is 25.6 Å². The van der Waals surface area contributed by atoms with E-state index >= 15 is 0 Å². The Balaban J connectivity index is 1.76. The number of halogens is 1. The van der Waals surface area contributed by atoms with Crippen molar-refractivity contribution in [3.8, 4) is 11.3 Å². The monoisotopic (exact) mass is 391 g/mol. The quantitative estimate of drug-likeness (QED) is 0.696. The molecule has 0 aliphatic rings. The summed E-state index contributed by atoms with van der Waals surface area (Å²) < 4.78 is 38.2. The van der Waals surface area contributed by atoms with E-state index in [0.29, 0.717) is 22.1 Å². The van der Waals surface area contributed by atoms with Crippen LogP contribution in [0.2, 0.25) is 0 Å². The minimum absolute atomic E-state index is 0.279. The predicted molar refractivity (Wildman–Crippen MR) is 100 cm³/mol. The van der Waals surface area contributed by atoms with E-state index in [2.05, 4.69) is 15.0 Å². The largest absolute Gasteiger partial charge is 0.298 e.